The highest BCUT2D eigenvalue weighted by atomic mass is 16.5. The Morgan fingerprint density at radius 2 is 1.70 bits per heavy atom. The molecule has 0 bridgehead atoms. The molecule has 2 aromatic carbocycles. The van der Waals surface area contributed by atoms with Gasteiger partial charge in [0.05, 0.1) is 12.7 Å². The van der Waals surface area contributed by atoms with Crippen molar-refractivity contribution in [3.8, 4) is 5.75 Å². The Morgan fingerprint density at radius 1 is 1.04 bits per heavy atom. The first-order chi connectivity index (χ1) is 13.0. The van der Waals surface area contributed by atoms with E-state index in [0.29, 0.717) is 11.3 Å². The Morgan fingerprint density at radius 3 is 2.30 bits per heavy atom. The van der Waals surface area contributed by atoms with Gasteiger partial charge in [-0.3, -0.25) is 9.59 Å². The number of amides is 2. The third-order valence-electron chi connectivity index (χ3n) is 4.35. The molecule has 0 unspecified atom stereocenters. The van der Waals surface area contributed by atoms with Crippen LogP contribution in [0.4, 0.5) is 5.69 Å². The summed E-state index contributed by atoms with van der Waals surface area (Å²) in [6.45, 7) is 5.93. The smallest absolute Gasteiger partial charge is 0.255 e. The van der Waals surface area contributed by atoms with Gasteiger partial charge in [-0.15, -0.1) is 0 Å². The number of carbonyl (C=O) groups excluding carboxylic acids is 2. The molecule has 0 aromatic heterocycles. The van der Waals surface area contributed by atoms with E-state index in [1.807, 2.05) is 38.1 Å². The Hall–Kier alpha value is -2.82. The summed E-state index contributed by atoms with van der Waals surface area (Å²) >= 11 is 0. The Labute approximate surface area is 161 Å². The molecular formula is C22H28N2O3. The van der Waals surface area contributed by atoms with Crippen LogP contribution in [0.2, 0.25) is 0 Å². The quantitative estimate of drug-likeness (QED) is 0.739. The fraction of sp³-hybridized carbons (Fsp3) is 0.364. The van der Waals surface area contributed by atoms with Crippen LogP contribution >= 0.6 is 0 Å². The summed E-state index contributed by atoms with van der Waals surface area (Å²) in [6, 6.07) is 14.1. The number of carbonyl (C=O) groups is 2. The molecule has 0 saturated heterocycles. The Bertz CT molecular complexity index is 769. The zero-order valence-corrected chi connectivity index (χ0v) is 16.4. The van der Waals surface area contributed by atoms with Crippen molar-refractivity contribution in [2.45, 2.75) is 39.7 Å². The van der Waals surface area contributed by atoms with Gasteiger partial charge in [-0.25, -0.2) is 0 Å². The monoisotopic (exact) mass is 368 g/mol. The number of rotatable bonds is 8. The molecule has 2 N–H and O–H groups in total. The molecule has 27 heavy (non-hydrogen) atoms. The number of hydrogen-bond donors (Lipinski definition) is 2. The molecule has 144 valence electrons. The van der Waals surface area contributed by atoms with E-state index < -0.39 is 6.04 Å². The molecule has 0 saturated carbocycles. The lowest BCUT2D eigenvalue weighted by Gasteiger charge is -2.22. The fourth-order valence-corrected chi connectivity index (χ4v) is 2.85. The first-order valence-corrected chi connectivity index (χ1v) is 9.30. The van der Waals surface area contributed by atoms with Gasteiger partial charge in [-0.05, 0) is 42.2 Å². The van der Waals surface area contributed by atoms with Crippen molar-refractivity contribution in [2.24, 2.45) is 5.92 Å². The highest BCUT2D eigenvalue weighted by Gasteiger charge is 2.25. The number of nitrogens with one attached hydrogen (secondary N) is 2. The van der Waals surface area contributed by atoms with E-state index in [0.717, 1.165) is 18.5 Å². The maximum Gasteiger partial charge on any atom is 0.255 e. The minimum Gasteiger partial charge on any atom is -0.496 e. The number of methoxy groups -OCH3 is 1. The largest absolute Gasteiger partial charge is 0.496 e. The lowest BCUT2D eigenvalue weighted by Crippen LogP contribution is -2.47. The molecule has 0 fully saturated rings. The van der Waals surface area contributed by atoms with Gasteiger partial charge >= 0.3 is 0 Å². The average Bonchev–Trinajstić information content (AvgIpc) is 2.67. The van der Waals surface area contributed by atoms with Crippen LogP contribution in [0.25, 0.3) is 0 Å². The summed E-state index contributed by atoms with van der Waals surface area (Å²) in [5.74, 6) is -0.163. The molecule has 0 aliphatic rings. The van der Waals surface area contributed by atoms with Crippen molar-refractivity contribution in [2.75, 3.05) is 12.4 Å². The van der Waals surface area contributed by atoms with Crippen LogP contribution in [-0.2, 0) is 11.2 Å². The lowest BCUT2D eigenvalue weighted by atomic mass is 10.0. The topological polar surface area (TPSA) is 67.4 Å². The molecule has 5 nitrogen and oxygen atoms in total. The molecule has 2 rings (SSSR count). The molecule has 0 heterocycles. The Kier molecular flexibility index (Phi) is 7.41. The second kappa shape index (κ2) is 9.76. The summed E-state index contributed by atoms with van der Waals surface area (Å²) < 4.78 is 5.23. The van der Waals surface area contributed by atoms with Gasteiger partial charge in [0.15, 0.2) is 0 Å². The summed E-state index contributed by atoms with van der Waals surface area (Å²) in [7, 11) is 1.51. The third-order valence-corrected chi connectivity index (χ3v) is 4.35. The van der Waals surface area contributed by atoms with Crippen LogP contribution in [0.15, 0.2) is 48.5 Å². The van der Waals surface area contributed by atoms with Crippen LogP contribution in [0.3, 0.4) is 0 Å². The number of aryl methyl sites for hydroxylation is 1. The van der Waals surface area contributed by atoms with Crippen LogP contribution in [0, 0.1) is 5.92 Å². The van der Waals surface area contributed by atoms with Crippen LogP contribution in [0.1, 0.15) is 43.1 Å². The van der Waals surface area contributed by atoms with E-state index >= 15 is 0 Å². The molecule has 2 amide bonds. The SMILES string of the molecule is CCCc1ccc(NC(=O)[C@@H](NC(=O)c2ccccc2OC)C(C)C)cc1. The van der Waals surface area contributed by atoms with Gasteiger partial charge in [0, 0.05) is 5.69 Å². The molecule has 0 spiro atoms. The van der Waals surface area contributed by atoms with E-state index in [1.165, 1.54) is 12.7 Å². The van der Waals surface area contributed by atoms with Gasteiger partial charge in [0.25, 0.3) is 5.91 Å². The van der Waals surface area contributed by atoms with Crippen molar-refractivity contribution in [3.05, 3.63) is 59.7 Å². The van der Waals surface area contributed by atoms with Gasteiger partial charge < -0.3 is 15.4 Å². The molecular weight excluding hydrogens is 340 g/mol. The van der Waals surface area contributed by atoms with Crippen molar-refractivity contribution < 1.29 is 14.3 Å². The fourth-order valence-electron chi connectivity index (χ4n) is 2.85. The average molecular weight is 368 g/mol. The summed E-state index contributed by atoms with van der Waals surface area (Å²) in [4.78, 5) is 25.4. The van der Waals surface area contributed by atoms with Gasteiger partial charge in [0.2, 0.25) is 5.91 Å². The normalized spacial score (nSPS) is 11.7. The number of para-hydroxylation sites is 1. The number of ether oxygens (including phenoxy) is 1. The van der Waals surface area contributed by atoms with Crippen molar-refractivity contribution in [1.29, 1.82) is 0 Å². The molecule has 5 heteroatoms. The Balaban J connectivity index is 2.09. The predicted octanol–water partition coefficient (Wildman–Crippen LogP) is 4.04. The molecule has 0 radical (unpaired) electrons. The number of anilines is 1. The molecule has 2 aromatic rings. The number of benzene rings is 2. The summed E-state index contributed by atoms with van der Waals surface area (Å²) in [6.07, 6.45) is 2.09. The first kappa shape index (κ1) is 20.5. The van der Waals surface area contributed by atoms with E-state index in [1.54, 1.807) is 24.3 Å². The van der Waals surface area contributed by atoms with Crippen molar-refractivity contribution >= 4 is 17.5 Å². The van der Waals surface area contributed by atoms with E-state index in [2.05, 4.69) is 17.6 Å². The van der Waals surface area contributed by atoms with Gasteiger partial charge in [0.1, 0.15) is 11.8 Å². The van der Waals surface area contributed by atoms with Gasteiger partial charge in [-0.2, -0.15) is 0 Å². The summed E-state index contributed by atoms with van der Waals surface area (Å²) in [5, 5.41) is 5.72. The first-order valence-electron chi connectivity index (χ1n) is 9.30. The maximum absolute atomic E-state index is 12.7. The van der Waals surface area contributed by atoms with Crippen molar-refractivity contribution in [1.82, 2.24) is 5.32 Å². The standard InChI is InChI=1S/C22H28N2O3/c1-5-8-16-11-13-17(14-12-16)23-22(26)20(15(2)3)24-21(25)18-9-6-7-10-19(18)27-4/h6-7,9-15,20H,5,8H2,1-4H3,(H,23,26)(H,24,25)/t20-/m0/s1. The number of hydrogen-bond acceptors (Lipinski definition) is 3. The predicted molar refractivity (Wildman–Crippen MR) is 108 cm³/mol. The van der Waals surface area contributed by atoms with E-state index in [9.17, 15) is 9.59 Å². The van der Waals surface area contributed by atoms with E-state index in [4.69, 9.17) is 4.74 Å². The third kappa shape index (κ3) is 5.58. The zero-order valence-electron chi connectivity index (χ0n) is 16.4. The second-order valence-electron chi connectivity index (χ2n) is 6.83. The van der Waals surface area contributed by atoms with E-state index in [-0.39, 0.29) is 17.7 Å². The minimum atomic E-state index is -0.655. The van der Waals surface area contributed by atoms with Crippen LogP contribution in [0.5, 0.6) is 5.75 Å². The van der Waals surface area contributed by atoms with Crippen LogP contribution < -0.4 is 15.4 Å². The second-order valence-corrected chi connectivity index (χ2v) is 6.83. The lowest BCUT2D eigenvalue weighted by molar-refractivity contribution is -0.118. The molecule has 0 aliphatic carbocycles. The van der Waals surface area contributed by atoms with Crippen LogP contribution in [-0.4, -0.2) is 25.0 Å². The molecule has 1 atom stereocenters. The van der Waals surface area contributed by atoms with Gasteiger partial charge in [-0.1, -0.05) is 51.5 Å². The maximum atomic E-state index is 12.7. The highest BCUT2D eigenvalue weighted by Crippen LogP contribution is 2.18. The zero-order chi connectivity index (χ0) is 19.8. The minimum absolute atomic E-state index is 0.0666. The van der Waals surface area contributed by atoms with Crippen molar-refractivity contribution in [3.63, 3.8) is 0 Å². The summed E-state index contributed by atoms with van der Waals surface area (Å²) in [5.41, 5.74) is 2.36. The highest BCUT2D eigenvalue weighted by molar-refractivity contribution is 6.02. The molecule has 0 aliphatic heterocycles.